The van der Waals surface area contributed by atoms with E-state index in [0.717, 1.165) is 0 Å². The number of nitrogens with two attached hydrogens (primary N) is 1. The number of aliphatic hydroxyl groups is 1. The van der Waals surface area contributed by atoms with E-state index in [2.05, 4.69) is 0 Å². The lowest BCUT2D eigenvalue weighted by Gasteiger charge is -2.04. The van der Waals surface area contributed by atoms with Gasteiger partial charge in [0.05, 0.1) is 0 Å². The minimum atomic E-state index is -1.51. The molecule has 4 N–H and O–H groups in total. The van der Waals surface area contributed by atoms with Crippen LogP contribution in [0.1, 0.15) is 0 Å². The van der Waals surface area contributed by atoms with Gasteiger partial charge < -0.3 is 15.9 Å². The third-order valence-electron chi connectivity index (χ3n) is 0.581. The summed E-state index contributed by atoms with van der Waals surface area (Å²) in [6.07, 6.45) is 0. The Morgan fingerprint density at radius 3 is 2.12 bits per heavy atom. The quantitative estimate of drug-likeness (QED) is 0.427. The maximum Gasteiger partial charge on any atom is 0.324 e. The van der Waals surface area contributed by atoms with Gasteiger partial charge in [-0.05, 0) is 0 Å². The minimum Gasteiger partial charge on any atom is -0.480 e. The van der Waals surface area contributed by atoms with Gasteiger partial charge in [-0.2, -0.15) is 0 Å². The Morgan fingerprint density at radius 1 is 1.75 bits per heavy atom. The number of hydrogen-bond donors (Lipinski definition) is 3. The Labute approximate surface area is 50.9 Å². The molecule has 0 amide bonds. The van der Waals surface area contributed by atoms with Gasteiger partial charge in [-0.25, -0.2) is 0 Å². The van der Waals surface area contributed by atoms with Gasteiger partial charge in [-0.15, -0.1) is 0 Å². The van der Waals surface area contributed by atoms with Gasteiger partial charge in [-0.3, -0.25) is 4.79 Å². The van der Waals surface area contributed by atoms with E-state index in [1.807, 2.05) is 0 Å². The third-order valence-corrected chi connectivity index (χ3v) is 0.853. The third kappa shape index (κ3) is 2.11. The molecule has 2 atom stereocenters. The fourth-order valence-corrected chi connectivity index (χ4v) is 0.225. The van der Waals surface area contributed by atoms with Crippen LogP contribution in [0.15, 0.2) is 0 Å². The molecule has 0 aromatic carbocycles. The fourth-order valence-electron chi connectivity index (χ4n) is 0.118. The molecule has 0 spiro atoms. The number of alkyl halides is 1. The second-order valence-electron chi connectivity index (χ2n) is 1.24. The highest BCUT2D eigenvalue weighted by atomic mass is 35.5. The summed E-state index contributed by atoms with van der Waals surface area (Å²) in [7, 11) is 0. The molecule has 5 heteroatoms. The maximum absolute atomic E-state index is 9.77. The molecule has 8 heavy (non-hydrogen) atoms. The lowest BCUT2D eigenvalue weighted by atomic mass is 10.3. The van der Waals surface area contributed by atoms with Gasteiger partial charge >= 0.3 is 5.97 Å². The fraction of sp³-hybridized carbons (Fsp3) is 0.667. The molecule has 0 heterocycles. The van der Waals surface area contributed by atoms with E-state index < -0.39 is 17.6 Å². The highest BCUT2D eigenvalue weighted by Crippen LogP contribution is 1.93. The summed E-state index contributed by atoms with van der Waals surface area (Å²) < 4.78 is 0. The van der Waals surface area contributed by atoms with Crippen molar-refractivity contribution in [2.75, 3.05) is 0 Å². The van der Waals surface area contributed by atoms with Crippen LogP contribution in [0.3, 0.4) is 0 Å². The van der Waals surface area contributed by atoms with Crippen molar-refractivity contribution >= 4 is 17.6 Å². The molecule has 0 aliphatic carbocycles. The zero-order chi connectivity index (χ0) is 6.73. The van der Waals surface area contributed by atoms with Crippen molar-refractivity contribution in [2.24, 2.45) is 5.73 Å². The van der Waals surface area contributed by atoms with Gasteiger partial charge in [0, 0.05) is 0 Å². The molecule has 0 aliphatic heterocycles. The van der Waals surface area contributed by atoms with Gasteiger partial charge in [-0.1, -0.05) is 11.6 Å². The highest BCUT2D eigenvalue weighted by molar-refractivity contribution is 6.21. The zero-order valence-corrected chi connectivity index (χ0v) is 4.67. The Balaban J connectivity index is 3.64. The lowest BCUT2D eigenvalue weighted by molar-refractivity contribution is -0.139. The first-order chi connectivity index (χ1) is 3.55. The van der Waals surface area contributed by atoms with Crippen LogP contribution in [0.4, 0.5) is 0 Å². The molecule has 0 fully saturated rings. The van der Waals surface area contributed by atoms with Gasteiger partial charge in [0.15, 0.2) is 5.56 Å². The van der Waals surface area contributed by atoms with E-state index in [9.17, 15) is 4.79 Å². The smallest absolute Gasteiger partial charge is 0.324 e. The van der Waals surface area contributed by atoms with Crippen LogP contribution >= 0.6 is 11.6 Å². The van der Waals surface area contributed by atoms with Crippen molar-refractivity contribution in [3.8, 4) is 0 Å². The van der Waals surface area contributed by atoms with Crippen LogP contribution in [0.25, 0.3) is 0 Å². The molecule has 4 nitrogen and oxygen atoms in total. The Hall–Kier alpha value is -0.320. The second kappa shape index (κ2) is 2.86. The van der Waals surface area contributed by atoms with Crippen molar-refractivity contribution < 1.29 is 15.0 Å². The van der Waals surface area contributed by atoms with E-state index in [4.69, 9.17) is 27.5 Å². The number of carboxylic acids is 1. The number of aliphatic hydroxyl groups excluding tert-OH is 1. The van der Waals surface area contributed by atoms with Crippen molar-refractivity contribution in [3.05, 3.63) is 0 Å². The average molecular weight is 140 g/mol. The summed E-state index contributed by atoms with van der Waals surface area (Å²) in [5.41, 5.74) is 3.27. The standard InChI is InChI=1S/C3H6ClNO3/c4-2(6)1(5)3(7)8/h1-2,6H,5H2,(H,7,8)/t1-,2-/m0/s1. The number of carboxylic acid groups (broad SMARTS) is 1. The Kier molecular flexibility index (Phi) is 2.75. The summed E-state index contributed by atoms with van der Waals surface area (Å²) in [4.78, 5) is 9.77. The molecular formula is C3H6ClNO3. The second-order valence-corrected chi connectivity index (χ2v) is 1.68. The number of rotatable bonds is 2. The average Bonchev–Trinajstić information content (AvgIpc) is 1.64. The molecule has 0 bridgehead atoms. The van der Waals surface area contributed by atoms with Gasteiger partial charge in [0.1, 0.15) is 6.04 Å². The first-order valence-electron chi connectivity index (χ1n) is 1.86. The molecule has 0 aliphatic rings. The first-order valence-corrected chi connectivity index (χ1v) is 2.30. The van der Waals surface area contributed by atoms with Gasteiger partial charge in [0.2, 0.25) is 0 Å². The van der Waals surface area contributed by atoms with E-state index in [-0.39, 0.29) is 0 Å². The maximum atomic E-state index is 9.77. The number of aliphatic carboxylic acids is 1. The van der Waals surface area contributed by atoms with Crippen molar-refractivity contribution in [2.45, 2.75) is 11.6 Å². The summed E-state index contributed by atoms with van der Waals surface area (Å²) in [6.45, 7) is 0. The summed E-state index contributed by atoms with van der Waals surface area (Å²) in [5.74, 6) is -1.31. The minimum absolute atomic E-state index is 1.31. The van der Waals surface area contributed by atoms with Crippen molar-refractivity contribution in [3.63, 3.8) is 0 Å². The van der Waals surface area contributed by atoms with Crippen LogP contribution < -0.4 is 5.73 Å². The van der Waals surface area contributed by atoms with Crippen LogP contribution in [0.5, 0.6) is 0 Å². The first kappa shape index (κ1) is 7.68. The summed E-state index contributed by atoms with van der Waals surface area (Å²) >= 11 is 4.87. The summed E-state index contributed by atoms with van der Waals surface area (Å²) in [5, 5.41) is 16.2. The lowest BCUT2D eigenvalue weighted by Crippen LogP contribution is -2.38. The Bertz CT molecular complexity index is 94.5. The summed E-state index contributed by atoms with van der Waals surface area (Å²) in [6, 6.07) is -1.39. The van der Waals surface area contributed by atoms with Crippen LogP contribution in [-0.4, -0.2) is 27.8 Å². The van der Waals surface area contributed by atoms with Crippen LogP contribution in [-0.2, 0) is 4.79 Å². The molecule has 0 saturated carbocycles. The van der Waals surface area contributed by atoms with E-state index in [1.54, 1.807) is 0 Å². The molecular weight excluding hydrogens is 133 g/mol. The predicted molar refractivity (Wildman–Crippen MR) is 27.5 cm³/mol. The monoisotopic (exact) mass is 139 g/mol. The predicted octanol–water partition coefficient (Wildman–Crippen LogP) is -1.04. The van der Waals surface area contributed by atoms with E-state index >= 15 is 0 Å². The van der Waals surface area contributed by atoms with Gasteiger partial charge in [0.25, 0.3) is 0 Å². The largest absolute Gasteiger partial charge is 0.480 e. The normalized spacial score (nSPS) is 17.4. The van der Waals surface area contributed by atoms with Crippen molar-refractivity contribution in [1.82, 2.24) is 0 Å². The van der Waals surface area contributed by atoms with E-state index in [1.165, 1.54) is 0 Å². The number of hydrogen-bond acceptors (Lipinski definition) is 3. The molecule has 0 unspecified atom stereocenters. The molecule has 48 valence electrons. The molecule has 0 rings (SSSR count). The van der Waals surface area contributed by atoms with Crippen molar-refractivity contribution in [1.29, 1.82) is 0 Å². The number of halogens is 1. The van der Waals surface area contributed by atoms with E-state index in [0.29, 0.717) is 0 Å². The van der Waals surface area contributed by atoms with Crippen LogP contribution in [0, 0.1) is 0 Å². The highest BCUT2D eigenvalue weighted by Gasteiger charge is 2.18. The molecule has 0 aromatic heterocycles. The number of carbonyl (C=O) groups is 1. The van der Waals surface area contributed by atoms with Crippen LogP contribution in [0.2, 0.25) is 0 Å². The topological polar surface area (TPSA) is 83.6 Å². The molecule has 0 aromatic rings. The zero-order valence-electron chi connectivity index (χ0n) is 3.91. The SMILES string of the molecule is N[C@H](C(=O)O)[C@H](O)Cl. The molecule has 0 saturated heterocycles. The molecule has 0 radical (unpaired) electrons. The Morgan fingerprint density at radius 2 is 2.12 bits per heavy atom.